The van der Waals surface area contributed by atoms with Gasteiger partial charge in [-0.15, -0.1) is 0 Å². The molecule has 3 heteroatoms. The summed E-state index contributed by atoms with van der Waals surface area (Å²) in [7, 11) is 0. The number of furan rings is 1. The van der Waals surface area contributed by atoms with Gasteiger partial charge in [-0.1, -0.05) is 0 Å². The quantitative estimate of drug-likeness (QED) is 0.779. The number of hydrogen-bond acceptors (Lipinski definition) is 3. The van der Waals surface area contributed by atoms with Crippen molar-refractivity contribution >= 4 is 0 Å². The normalized spacial score (nSPS) is 23.2. The van der Waals surface area contributed by atoms with Gasteiger partial charge >= 0.3 is 0 Å². The molecule has 1 N–H and O–H groups in total. The average molecular weight is 260 g/mol. The maximum absolute atomic E-state index is 5.75. The highest BCUT2D eigenvalue weighted by Gasteiger charge is 2.34. The van der Waals surface area contributed by atoms with E-state index in [1.54, 1.807) is 0 Å². The molecule has 0 radical (unpaired) electrons. The Hall–Kier alpha value is -0.800. The van der Waals surface area contributed by atoms with Crippen molar-refractivity contribution in [2.24, 2.45) is 5.92 Å². The van der Waals surface area contributed by atoms with Crippen molar-refractivity contribution in [1.29, 1.82) is 0 Å². The number of nitrogens with zero attached hydrogens (tertiary/aromatic N) is 1. The predicted octanol–water partition coefficient (Wildman–Crippen LogP) is 2.91. The minimum Gasteiger partial charge on any atom is -0.468 e. The number of hydrogen-bond donors (Lipinski definition) is 1. The van der Waals surface area contributed by atoms with Gasteiger partial charge in [-0.05, 0) is 50.5 Å². The standard InChI is InChI=1S/C16H24N2O/c1-2-12(1)10-18(15-5-6-15)11-16-13(7-8-19-16)9-17-14-3-4-14/h7-8,12,14-15,17H,1-6,9-11H2. The molecule has 0 unspecified atom stereocenters. The van der Waals surface area contributed by atoms with Crippen molar-refractivity contribution in [3.05, 3.63) is 23.7 Å². The van der Waals surface area contributed by atoms with Gasteiger partial charge in [-0.2, -0.15) is 0 Å². The van der Waals surface area contributed by atoms with Gasteiger partial charge in [0, 0.05) is 30.7 Å². The van der Waals surface area contributed by atoms with Gasteiger partial charge in [0.15, 0.2) is 0 Å². The summed E-state index contributed by atoms with van der Waals surface area (Å²) in [5.41, 5.74) is 1.37. The smallest absolute Gasteiger partial charge is 0.122 e. The molecular weight excluding hydrogens is 236 g/mol. The molecule has 3 saturated carbocycles. The van der Waals surface area contributed by atoms with Crippen molar-refractivity contribution in [2.45, 2.75) is 63.7 Å². The molecule has 0 spiro atoms. The molecule has 1 aromatic heterocycles. The molecule has 3 aliphatic rings. The Labute approximate surface area is 115 Å². The molecule has 3 fully saturated rings. The van der Waals surface area contributed by atoms with Crippen LogP contribution in [-0.2, 0) is 13.1 Å². The lowest BCUT2D eigenvalue weighted by Crippen LogP contribution is -2.28. The SMILES string of the molecule is c1cc(CNC2CC2)c(CN(CC2CC2)C2CC2)o1. The Morgan fingerprint density at radius 3 is 2.68 bits per heavy atom. The largest absolute Gasteiger partial charge is 0.468 e. The first-order valence-electron chi connectivity index (χ1n) is 7.91. The van der Waals surface area contributed by atoms with Crippen LogP contribution >= 0.6 is 0 Å². The van der Waals surface area contributed by atoms with Crippen molar-refractivity contribution in [2.75, 3.05) is 6.54 Å². The maximum Gasteiger partial charge on any atom is 0.122 e. The molecule has 104 valence electrons. The lowest BCUT2D eigenvalue weighted by Gasteiger charge is -2.21. The summed E-state index contributed by atoms with van der Waals surface area (Å²) in [6.45, 7) is 3.30. The maximum atomic E-state index is 5.75. The van der Waals surface area contributed by atoms with Crippen LogP contribution in [0.3, 0.4) is 0 Å². The molecule has 3 nitrogen and oxygen atoms in total. The van der Waals surface area contributed by atoms with Crippen LogP contribution < -0.4 is 5.32 Å². The summed E-state index contributed by atoms with van der Waals surface area (Å²) in [6, 6.07) is 3.76. The Bertz CT molecular complexity index is 430. The second-order valence-electron chi connectivity index (χ2n) is 6.63. The molecule has 0 atom stereocenters. The third kappa shape index (κ3) is 3.21. The van der Waals surface area contributed by atoms with Gasteiger partial charge in [0.25, 0.3) is 0 Å². The van der Waals surface area contributed by atoms with Crippen molar-refractivity contribution in [1.82, 2.24) is 10.2 Å². The van der Waals surface area contributed by atoms with E-state index >= 15 is 0 Å². The third-order valence-electron chi connectivity index (χ3n) is 4.60. The summed E-state index contributed by atoms with van der Waals surface area (Å²) in [5.74, 6) is 2.17. The molecular formula is C16H24N2O. The highest BCUT2D eigenvalue weighted by Crippen LogP contribution is 2.36. The minimum absolute atomic E-state index is 0.772. The first kappa shape index (κ1) is 12.0. The zero-order valence-corrected chi connectivity index (χ0v) is 11.6. The zero-order valence-electron chi connectivity index (χ0n) is 11.6. The molecule has 0 aliphatic heterocycles. The summed E-state index contributed by atoms with van der Waals surface area (Å²) < 4.78 is 5.75. The molecule has 19 heavy (non-hydrogen) atoms. The van der Waals surface area contributed by atoms with E-state index in [1.807, 2.05) is 6.26 Å². The lowest BCUT2D eigenvalue weighted by molar-refractivity contribution is 0.223. The summed E-state index contributed by atoms with van der Waals surface area (Å²) in [6.07, 6.45) is 10.2. The first-order chi connectivity index (χ1) is 9.38. The van der Waals surface area contributed by atoms with E-state index in [-0.39, 0.29) is 0 Å². The molecule has 0 bridgehead atoms. The van der Waals surface area contributed by atoms with Crippen molar-refractivity contribution in [3.63, 3.8) is 0 Å². The third-order valence-corrected chi connectivity index (χ3v) is 4.60. The van der Waals surface area contributed by atoms with Gasteiger partial charge in [0.1, 0.15) is 5.76 Å². The number of nitrogens with one attached hydrogen (secondary N) is 1. The van der Waals surface area contributed by atoms with Crippen LogP contribution in [0.1, 0.15) is 49.8 Å². The first-order valence-corrected chi connectivity index (χ1v) is 7.91. The van der Waals surface area contributed by atoms with Gasteiger partial charge in [0.05, 0.1) is 12.8 Å². The fourth-order valence-electron chi connectivity index (χ4n) is 2.80. The van der Waals surface area contributed by atoms with Gasteiger partial charge < -0.3 is 9.73 Å². The van der Waals surface area contributed by atoms with Crippen LogP contribution in [0.5, 0.6) is 0 Å². The minimum atomic E-state index is 0.772. The highest BCUT2D eigenvalue weighted by molar-refractivity contribution is 5.17. The van der Waals surface area contributed by atoms with Gasteiger partial charge in [-0.3, -0.25) is 4.90 Å². The summed E-state index contributed by atoms with van der Waals surface area (Å²) in [5, 5.41) is 3.59. The van der Waals surface area contributed by atoms with Crippen molar-refractivity contribution in [3.8, 4) is 0 Å². The Morgan fingerprint density at radius 2 is 2.00 bits per heavy atom. The van der Waals surface area contributed by atoms with E-state index in [2.05, 4.69) is 16.3 Å². The topological polar surface area (TPSA) is 28.4 Å². The molecule has 4 rings (SSSR count). The van der Waals surface area contributed by atoms with E-state index in [4.69, 9.17) is 4.42 Å². The van der Waals surface area contributed by atoms with Crippen molar-refractivity contribution < 1.29 is 4.42 Å². The van der Waals surface area contributed by atoms with Crippen LogP contribution in [0.25, 0.3) is 0 Å². The summed E-state index contributed by atoms with van der Waals surface area (Å²) >= 11 is 0. The van der Waals surface area contributed by atoms with Crippen LogP contribution in [0.2, 0.25) is 0 Å². The van der Waals surface area contributed by atoms with E-state index in [9.17, 15) is 0 Å². The molecule has 0 saturated heterocycles. The van der Waals surface area contributed by atoms with E-state index in [0.717, 1.165) is 31.1 Å². The predicted molar refractivity (Wildman–Crippen MR) is 74.7 cm³/mol. The zero-order chi connectivity index (χ0) is 12.7. The highest BCUT2D eigenvalue weighted by atomic mass is 16.3. The molecule has 1 aromatic rings. The Kier molecular flexibility index (Phi) is 3.12. The second-order valence-corrected chi connectivity index (χ2v) is 6.63. The van der Waals surface area contributed by atoms with E-state index in [1.165, 1.54) is 56.4 Å². The van der Waals surface area contributed by atoms with E-state index < -0.39 is 0 Å². The monoisotopic (exact) mass is 260 g/mol. The fourth-order valence-corrected chi connectivity index (χ4v) is 2.80. The number of rotatable bonds is 8. The molecule has 3 aliphatic carbocycles. The van der Waals surface area contributed by atoms with E-state index in [0.29, 0.717) is 0 Å². The van der Waals surface area contributed by atoms with Gasteiger partial charge in [-0.25, -0.2) is 0 Å². The molecule has 0 amide bonds. The van der Waals surface area contributed by atoms with Crippen LogP contribution in [0, 0.1) is 5.92 Å². The van der Waals surface area contributed by atoms with Crippen LogP contribution in [0.15, 0.2) is 16.7 Å². The average Bonchev–Trinajstić information content (AvgIpc) is 3.23. The lowest BCUT2D eigenvalue weighted by atomic mass is 10.2. The van der Waals surface area contributed by atoms with Crippen LogP contribution in [-0.4, -0.2) is 23.5 Å². The fraction of sp³-hybridized carbons (Fsp3) is 0.750. The second kappa shape index (κ2) is 4.95. The van der Waals surface area contributed by atoms with Gasteiger partial charge in [0.2, 0.25) is 0 Å². The summed E-state index contributed by atoms with van der Waals surface area (Å²) in [4.78, 5) is 2.66. The Balaban J connectivity index is 1.37. The molecule has 1 heterocycles. The Morgan fingerprint density at radius 1 is 1.16 bits per heavy atom. The molecule has 0 aromatic carbocycles. The van der Waals surface area contributed by atoms with Crippen LogP contribution in [0.4, 0.5) is 0 Å².